The zero-order valence-corrected chi connectivity index (χ0v) is 18.5. The van der Waals surface area contributed by atoms with Gasteiger partial charge in [-0.15, -0.1) is 11.3 Å². The highest BCUT2D eigenvalue weighted by molar-refractivity contribution is 7.94. The summed E-state index contributed by atoms with van der Waals surface area (Å²) < 4.78 is 55.6. The topological polar surface area (TPSA) is 109 Å². The van der Waals surface area contributed by atoms with Gasteiger partial charge < -0.3 is 10.1 Å². The predicted octanol–water partition coefficient (Wildman–Crippen LogP) is 3.78. The van der Waals surface area contributed by atoms with Crippen LogP contribution < -0.4 is 25.6 Å². The van der Waals surface area contributed by atoms with Crippen molar-refractivity contribution < 1.29 is 26.7 Å². The number of sulfonamides is 1. The first-order chi connectivity index (χ1) is 15.2. The van der Waals surface area contributed by atoms with Crippen LogP contribution in [0.5, 0.6) is 5.75 Å². The SMILES string of the molecule is O=C(NNC(=S)Nc1ccc(OC(F)F)cc1)c1ccc(NS(=O)(=O)c2cccs2)cc1. The number of thiocarbonyl (C=S) groups is 1. The number of thiophene rings is 1. The molecule has 1 amide bonds. The van der Waals surface area contributed by atoms with E-state index in [2.05, 4.69) is 25.6 Å². The van der Waals surface area contributed by atoms with Crippen LogP contribution >= 0.6 is 23.6 Å². The summed E-state index contributed by atoms with van der Waals surface area (Å²) in [5.41, 5.74) is 5.95. The van der Waals surface area contributed by atoms with Crippen molar-refractivity contribution in [2.45, 2.75) is 10.8 Å². The van der Waals surface area contributed by atoms with Crippen LogP contribution in [0.25, 0.3) is 0 Å². The number of carbonyl (C=O) groups excluding carboxylic acids is 1. The molecule has 0 aliphatic carbocycles. The van der Waals surface area contributed by atoms with Gasteiger partial charge in [0, 0.05) is 16.9 Å². The molecule has 0 spiro atoms. The van der Waals surface area contributed by atoms with E-state index in [4.69, 9.17) is 12.2 Å². The minimum atomic E-state index is -3.68. The molecule has 0 bridgehead atoms. The van der Waals surface area contributed by atoms with Crippen molar-refractivity contribution in [3.63, 3.8) is 0 Å². The summed E-state index contributed by atoms with van der Waals surface area (Å²) in [4.78, 5) is 12.2. The molecule has 32 heavy (non-hydrogen) atoms. The number of carbonyl (C=O) groups is 1. The van der Waals surface area contributed by atoms with Crippen molar-refractivity contribution in [3.05, 3.63) is 71.6 Å². The summed E-state index contributed by atoms with van der Waals surface area (Å²) in [5, 5.41) is 4.48. The second kappa shape index (κ2) is 10.3. The fourth-order valence-electron chi connectivity index (χ4n) is 2.38. The van der Waals surface area contributed by atoms with E-state index in [0.717, 1.165) is 11.3 Å². The summed E-state index contributed by atoms with van der Waals surface area (Å²) >= 11 is 6.16. The van der Waals surface area contributed by atoms with Crippen molar-refractivity contribution in [2.75, 3.05) is 10.0 Å². The molecule has 1 aromatic heterocycles. The predicted molar refractivity (Wildman–Crippen MR) is 121 cm³/mol. The van der Waals surface area contributed by atoms with Gasteiger partial charge in [0.15, 0.2) is 5.11 Å². The Morgan fingerprint density at radius 3 is 2.22 bits per heavy atom. The maximum atomic E-state index is 12.2. The molecule has 1 heterocycles. The largest absolute Gasteiger partial charge is 0.435 e. The van der Waals surface area contributed by atoms with Gasteiger partial charge in [-0.1, -0.05) is 6.07 Å². The lowest BCUT2D eigenvalue weighted by Crippen LogP contribution is -2.43. The van der Waals surface area contributed by atoms with Gasteiger partial charge in [0.2, 0.25) is 0 Å². The molecule has 0 saturated heterocycles. The van der Waals surface area contributed by atoms with Gasteiger partial charge in [0.1, 0.15) is 9.96 Å². The van der Waals surface area contributed by atoms with Crippen LogP contribution in [0, 0.1) is 0 Å². The normalized spacial score (nSPS) is 11.0. The third-order valence-electron chi connectivity index (χ3n) is 3.79. The van der Waals surface area contributed by atoms with Crippen LogP contribution in [0.15, 0.2) is 70.3 Å². The number of nitrogens with one attached hydrogen (secondary N) is 4. The minimum Gasteiger partial charge on any atom is -0.435 e. The third-order valence-corrected chi connectivity index (χ3v) is 6.77. The highest BCUT2D eigenvalue weighted by Crippen LogP contribution is 2.20. The van der Waals surface area contributed by atoms with Gasteiger partial charge in [-0.3, -0.25) is 20.4 Å². The number of hydrogen-bond donors (Lipinski definition) is 4. The van der Waals surface area contributed by atoms with E-state index >= 15 is 0 Å². The number of benzene rings is 2. The Morgan fingerprint density at radius 1 is 0.969 bits per heavy atom. The second-order valence-electron chi connectivity index (χ2n) is 6.05. The Bertz CT molecular complexity index is 1170. The summed E-state index contributed by atoms with van der Waals surface area (Å²) in [6, 6.07) is 14.6. The van der Waals surface area contributed by atoms with E-state index in [1.807, 2.05) is 0 Å². The van der Waals surface area contributed by atoms with Gasteiger partial charge in [-0.25, -0.2) is 8.42 Å². The molecule has 0 radical (unpaired) electrons. The molecule has 4 N–H and O–H groups in total. The van der Waals surface area contributed by atoms with E-state index in [0.29, 0.717) is 11.4 Å². The molecular formula is C19H16F2N4O4S3. The fourth-order valence-corrected chi connectivity index (χ4v) is 4.60. The average Bonchev–Trinajstić information content (AvgIpc) is 3.29. The van der Waals surface area contributed by atoms with Crippen molar-refractivity contribution in [2.24, 2.45) is 0 Å². The molecular weight excluding hydrogens is 482 g/mol. The van der Waals surface area contributed by atoms with Gasteiger partial charge in [0.25, 0.3) is 15.9 Å². The first kappa shape index (κ1) is 23.4. The number of rotatable bonds is 7. The highest BCUT2D eigenvalue weighted by atomic mass is 32.2. The Hall–Kier alpha value is -3.29. The van der Waals surface area contributed by atoms with Crippen LogP contribution in [0.4, 0.5) is 20.2 Å². The lowest BCUT2D eigenvalue weighted by atomic mass is 10.2. The molecule has 0 atom stereocenters. The first-order valence-corrected chi connectivity index (χ1v) is 11.6. The standard InChI is InChI=1S/C19H16F2N4O4S3/c20-18(21)29-15-9-7-13(8-10-15)22-19(30)24-23-17(26)12-3-5-14(6-4-12)25-32(27,28)16-2-1-11-31-16/h1-11,18,25H,(H,23,26)(H2,22,24,30). The molecule has 3 aromatic rings. The monoisotopic (exact) mass is 498 g/mol. The van der Waals surface area contributed by atoms with Crippen molar-refractivity contribution >= 4 is 56.0 Å². The van der Waals surface area contributed by atoms with E-state index in [1.165, 1.54) is 54.6 Å². The van der Waals surface area contributed by atoms with Gasteiger partial charge in [0.05, 0.1) is 0 Å². The average molecular weight is 499 g/mol. The molecule has 0 aliphatic rings. The van der Waals surface area contributed by atoms with Gasteiger partial charge >= 0.3 is 6.61 Å². The van der Waals surface area contributed by atoms with E-state index < -0.39 is 22.5 Å². The molecule has 0 unspecified atom stereocenters. The van der Waals surface area contributed by atoms with E-state index in [1.54, 1.807) is 11.4 Å². The van der Waals surface area contributed by atoms with Crippen LogP contribution in [0.1, 0.15) is 10.4 Å². The second-order valence-corrected chi connectivity index (χ2v) is 9.32. The highest BCUT2D eigenvalue weighted by Gasteiger charge is 2.15. The zero-order valence-electron chi connectivity index (χ0n) is 16.0. The van der Waals surface area contributed by atoms with Gasteiger partial charge in [-0.2, -0.15) is 8.78 Å². The van der Waals surface area contributed by atoms with Crippen LogP contribution in [0.2, 0.25) is 0 Å². The quantitative estimate of drug-likeness (QED) is 0.290. The number of alkyl halides is 2. The van der Waals surface area contributed by atoms with Gasteiger partial charge in [-0.05, 0) is 72.2 Å². The minimum absolute atomic E-state index is 0.00106. The molecule has 0 aliphatic heterocycles. The molecule has 2 aromatic carbocycles. The number of amides is 1. The Morgan fingerprint density at radius 2 is 1.62 bits per heavy atom. The molecule has 8 nitrogen and oxygen atoms in total. The molecule has 0 saturated carbocycles. The van der Waals surface area contributed by atoms with Crippen LogP contribution in [0.3, 0.4) is 0 Å². The molecule has 168 valence electrons. The molecule has 0 fully saturated rings. The van der Waals surface area contributed by atoms with E-state index in [-0.39, 0.29) is 20.6 Å². The number of ether oxygens (including phenoxy) is 1. The number of hydrogen-bond acceptors (Lipinski definition) is 6. The number of anilines is 2. The van der Waals surface area contributed by atoms with Crippen molar-refractivity contribution in [1.82, 2.24) is 10.9 Å². The fraction of sp³-hybridized carbons (Fsp3) is 0.0526. The lowest BCUT2D eigenvalue weighted by Gasteiger charge is -2.12. The summed E-state index contributed by atoms with van der Waals surface area (Å²) in [5.74, 6) is -0.513. The number of halogens is 2. The van der Waals surface area contributed by atoms with E-state index in [9.17, 15) is 22.0 Å². The van der Waals surface area contributed by atoms with Crippen LogP contribution in [-0.4, -0.2) is 26.0 Å². The van der Waals surface area contributed by atoms with Crippen molar-refractivity contribution in [3.8, 4) is 5.75 Å². The first-order valence-electron chi connectivity index (χ1n) is 8.81. The van der Waals surface area contributed by atoms with Crippen LogP contribution in [-0.2, 0) is 10.0 Å². The Balaban J connectivity index is 1.49. The maximum Gasteiger partial charge on any atom is 0.387 e. The third kappa shape index (κ3) is 6.60. The summed E-state index contributed by atoms with van der Waals surface area (Å²) in [6.07, 6.45) is 0. The van der Waals surface area contributed by atoms with Crippen molar-refractivity contribution in [1.29, 1.82) is 0 Å². The molecule has 3 rings (SSSR count). The number of hydrazine groups is 1. The molecule has 13 heteroatoms. The Labute approximate surface area is 191 Å². The maximum absolute atomic E-state index is 12.2. The smallest absolute Gasteiger partial charge is 0.387 e. The summed E-state index contributed by atoms with van der Waals surface area (Å²) in [7, 11) is -3.68. The summed E-state index contributed by atoms with van der Waals surface area (Å²) in [6.45, 7) is -2.91. The Kier molecular flexibility index (Phi) is 7.56. The zero-order chi connectivity index (χ0) is 23.1. The lowest BCUT2D eigenvalue weighted by molar-refractivity contribution is -0.0498.